The summed E-state index contributed by atoms with van der Waals surface area (Å²) in [6.07, 6.45) is 0. The highest BCUT2D eigenvalue weighted by molar-refractivity contribution is 9.10. The summed E-state index contributed by atoms with van der Waals surface area (Å²) in [5, 5.41) is 14.0. The van der Waals surface area contributed by atoms with Crippen molar-refractivity contribution in [3.05, 3.63) is 74.0 Å². The lowest BCUT2D eigenvalue weighted by Gasteiger charge is -2.15. The number of non-ortho nitro benzene ring substituents is 1. The zero-order chi connectivity index (χ0) is 15.4. The summed E-state index contributed by atoms with van der Waals surface area (Å²) in [6.45, 7) is 2.37. The summed E-state index contributed by atoms with van der Waals surface area (Å²) in [6, 6.07) is 10.9. The van der Waals surface area contributed by atoms with E-state index >= 15 is 0 Å². The first-order chi connectivity index (χ1) is 9.97. The molecule has 0 aromatic heterocycles. The third-order valence-electron chi connectivity index (χ3n) is 3.19. The number of nitrogens with zero attached hydrogens (tertiary/aromatic N) is 1. The van der Waals surface area contributed by atoms with Crippen molar-refractivity contribution in [3.8, 4) is 0 Å². The molecule has 0 fully saturated rings. The average Bonchev–Trinajstić information content (AvgIpc) is 2.48. The van der Waals surface area contributed by atoms with E-state index in [0.717, 1.165) is 15.6 Å². The van der Waals surface area contributed by atoms with Gasteiger partial charge in [0, 0.05) is 29.2 Å². The van der Waals surface area contributed by atoms with Gasteiger partial charge in [-0.3, -0.25) is 10.1 Å². The van der Waals surface area contributed by atoms with E-state index in [0.29, 0.717) is 6.54 Å². The number of hydrogen-bond acceptors (Lipinski definition) is 3. The Labute approximate surface area is 130 Å². The molecule has 0 aliphatic heterocycles. The highest BCUT2D eigenvalue weighted by Gasteiger charge is 2.11. The van der Waals surface area contributed by atoms with Crippen molar-refractivity contribution in [2.24, 2.45) is 0 Å². The summed E-state index contributed by atoms with van der Waals surface area (Å²) in [5.74, 6) is -0.294. The van der Waals surface area contributed by atoms with Gasteiger partial charge in [0.05, 0.1) is 4.92 Å². The van der Waals surface area contributed by atoms with Gasteiger partial charge in [-0.1, -0.05) is 28.1 Å². The second-order valence-corrected chi connectivity index (χ2v) is 5.54. The predicted molar refractivity (Wildman–Crippen MR) is 82.5 cm³/mol. The van der Waals surface area contributed by atoms with Crippen LogP contribution in [0.1, 0.15) is 24.1 Å². The molecule has 110 valence electrons. The Hall–Kier alpha value is -1.79. The molecule has 0 bridgehead atoms. The fourth-order valence-corrected chi connectivity index (χ4v) is 2.35. The van der Waals surface area contributed by atoms with E-state index in [1.807, 2.05) is 13.0 Å². The molecule has 1 unspecified atom stereocenters. The van der Waals surface area contributed by atoms with Gasteiger partial charge in [-0.15, -0.1) is 0 Å². The summed E-state index contributed by atoms with van der Waals surface area (Å²) < 4.78 is 14.0. The molecule has 2 aromatic carbocycles. The van der Waals surface area contributed by atoms with E-state index in [-0.39, 0.29) is 17.5 Å². The molecule has 2 aromatic rings. The second-order valence-electron chi connectivity index (χ2n) is 4.69. The number of nitrogens with one attached hydrogen (secondary N) is 1. The van der Waals surface area contributed by atoms with Gasteiger partial charge in [0.2, 0.25) is 0 Å². The molecule has 4 nitrogen and oxygen atoms in total. The fourth-order valence-electron chi connectivity index (χ4n) is 1.97. The molecule has 1 atom stereocenters. The SMILES string of the molecule is CC(NCc1cc(F)ccc1Br)c1cccc([N+](=O)[O-])c1. The molecule has 0 amide bonds. The van der Waals surface area contributed by atoms with Gasteiger partial charge < -0.3 is 5.32 Å². The topological polar surface area (TPSA) is 55.2 Å². The summed E-state index contributed by atoms with van der Waals surface area (Å²) in [7, 11) is 0. The Morgan fingerprint density at radius 3 is 2.81 bits per heavy atom. The second kappa shape index (κ2) is 6.78. The molecule has 0 aliphatic rings. The quantitative estimate of drug-likeness (QED) is 0.642. The maximum Gasteiger partial charge on any atom is 0.269 e. The molecule has 0 spiro atoms. The van der Waals surface area contributed by atoms with Crippen LogP contribution in [0, 0.1) is 15.9 Å². The van der Waals surface area contributed by atoms with Crippen molar-refractivity contribution in [1.29, 1.82) is 0 Å². The molecule has 0 saturated heterocycles. The fraction of sp³-hybridized carbons (Fsp3) is 0.200. The standard InChI is InChI=1S/C15H14BrFN2O2/c1-10(11-3-2-4-14(8-11)19(20)21)18-9-12-7-13(17)5-6-15(12)16/h2-8,10,18H,9H2,1H3. The van der Waals surface area contributed by atoms with Crippen molar-refractivity contribution in [2.45, 2.75) is 19.5 Å². The van der Waals surface area contributed by atoms with Crippen molar-refractivity contribution >= 4 is 21.6 Å². The monoisotopic (exact) mass is 352 g/mol. The Bertz CT molecular complexity index is 664. The van der Waals surface area contributed by atoms with Crippen LogP contribution in [0.25, 0.3) is 0 Å². The lowest BCUT2D eigenvalue weighted by molar-refractivity contribution is -0.384. The van der Waals surface area contributed by atoms with Gasteiger partial charge in [0.1, 0.15) is 5.82 Å². The largest absolute Gasteiger partial charge is 0.306 e. The summed E-state index contributed by atoms with van der Waals surface area (Å²) in [5.41, 5.74) is 1.68. The number of hydrogen-bond donors (Lipinski definition) is 1. The normalized spacial score (nSPS) is 12.1. The van der Waals surface area contributed by atoms with E-state index < -0.39 is 4.92 Å². The minimum Gasteiger partial charge on any atom is -0.306 e. The molecule has 1 N–H and O–H groups in total. The molecule has 2 rings (SSSR count). The molecule has 0 heterocycles. The first-order valence-corrected chi connectivity index (χ1v) is 7.18. The third kappa shape index (κ3) is 4.09. The summed E-state index contributed by atoms with van der Waals surface area (Å²) >= 11 is 3.37. The minimum atomic E-state index is -0.417. The Morgan fingerprint density at radius 2 is 2.10 bits per heavy atom. The van der Waals surface area contributed by atoms with Gasteiger partial charge in [-0.2, -0.15) is 0 Å². The Kier molecular flexibility index (Phi) is 5.03. The van der Waals surface area contributed by atoms with Crippen LogP contribution >= 0.6 is 15.9 Å². The molecule has 0 radical (unpaired) electrons. The lowest BCUT2D eigenvalue weighted by atomic mass is 10.1. The van der Waals surface area contributed by atoms with Gasteiger partial charge in [-0.05, 0) is 36.2 Å². The zero-order valence-electron chi connectivity index (χ0n) is 11.3. The van der Waals surface area contributed by atoms with E-state index in [4.69, 9.17) is 0 Å². The number of halogens is 2. The van der Waals surface area contributed by atoms with E-state index in [1.54, 1.807) is 12.1 Å². The molecule has 0 aliphatic carbocycles. The number of benzene rings is 2. The van der Waals surface area contributed by atoms with Crippen LogP contribution in [-0.2, 0) is 6.54 Å². The van der Waals surface area contributed by atoms with E-state index in [2.05, 4.69) is 21.2 Å². The van der Waals surface area contributed by atoms with Crippen LogP contribution in [-0.4, -0.2) is 4.92 Å². The average molecular weight is 353 g/mol. The highest BCUT2D eigenvalue weighted by Crippen LogP contribution is 2.21. The number of nitro benzene ring substituents is 1. The predicted octanol–water partition coefficient (Wildman–Crippen LogP) is 4.35. The maximum atomic E-state index is 13.2. The molecular weight excluding hydrogens is 339 g/mol. The molecule has 0 saturated carbocycles. The first-order valence-electron chi connectivity index (χ1n) is 6.39. The maximum absolute atomic E-state index is 13.2. The zero-order valence-corrected chi connectivity index (χ0v) is 12.9. The Morgan fingerprint density at radius 1 is 1.33 bits per heavy atom. The van der Waals surface area contributed by atoms with Crippen LogP contribution in [0.4, 0.5) is 10.1 Å². The van der Waals surface area contributed by atoms with Gasteiger partial charge >= 0.3 is 0 Å². The lowest BCUT2D eigenvalue weighted by Crippen LogP contribution is -2.18. The number of nitro groups is 1. The molecular formula is C15H14BrFN2O2. The van der Waals surface area contributed by atoms with Gasteiger partial charge in [-0.25, -0.2) is 4.39 Å². The van der Waals surface area contributed by atoms with Crippen molar-refractivity contribution in [3.63, 3.8) is 0 Å². The van der Waals surface area contributed by atoms with Crippen LogP contribution in [0.5, 0.6) is 0 Å². The van der Waals surface area contributed by atoms with Crippen molar-refractivity contribution < 1.29 is 9.31 Å². The minimum absolute atomic E-state index is 0.0630. The molecule has 21 heavy (non-hydrogen) atoms. The van der Waals surface area contributed by atoms with Crippen LogP contribution in [0.2, 0.25) is 0 Å². The van der Waals surface area contributed by atoms with Crippen LogP contribution in [0.3, 0.4) is 0 Å². The smallest absolute Gasteiger partial charge is 0.269 e. The van der Waals surface area contributed by atoms with Gasteiger partial charge in [0.25, 0.3) is 5.69 Å². The first kappa shape index (κ1) is 15.6. The highest BCUT2D eigenvalue weighted by atomic mass is 79.9. The van der Waals surface area contributed by atoms with Crippen molar-refractivity contribution in [2.75, 3.05) is 0 Å². The molecule has 6 heteroatoms. The van der Waals surface area contributed by atoms with Crippen molar-refractivity contribution in [1.82, 2.24) is 5.32 Å². The van der Waals surface area contributed by atoms with Gasteiger partial charge in [0.15, 0.2) is 0 Å². The Balaban J connectivity index is 2.08. The summed E-state index contributed by atoms with van der Waals surface area (Å²) in [4.78, 5) is 10.4. The third-order valence-corrected chi connectivity index (χ3v) is 3.96. The van der Waals surface area contributed by atoms with Crippen LogP contribution < -0.4 is 5.32 Å². The number of rotatable bonds is 5. The van der Waals surface area contributed by atoms with Crippen LogP contribution in [0.15, 0.2) is 46.9 Å². The van der Waals surface area contributed by atoms with E-state index in [1.165, 1.54) is 24.3 Å². The van der Waals surface area contributed by atoms with E-state index in [9.17, 15) is 14.5 Å².